The highest BCUT2D eigenvalue weighted by Gasteiger charge is 2.37. The van der Waals surface area contributed by atoms with Crippen molar-refractivity contribution in [1.82, 2.24) is 0 Å². The SMILES string of the molecule is CCSc1cccc(NC2(CN)CCCCC2C)c1C#N. The molecule has 0 radical (unpaired) electrons. The summed E-state index contributed by atoms with van der Waals surface area (Å²) in [5, 5.41) is 13.2. The summed E-state index contributed by atoms with van der Waals surface area (Å²) in [5.41, 5.74) is 7.74. The lowest BCUT2D eigenvalue weighted by Gasteiger charge is -2.43. The maximum atomic E-state index is 9.54. The minimum atomic E-state index is -0.0701. The first-order chi connectivity index (χ1) is 10.2. The van der Waals surface area contributed by atoms with E-state index in [0.717, 1.165) is 28.3 Å². The van der Waals surface area contributed by atoms with Gasteiger partial charge in [-0.15, -0.1) is 11.8 Å². The molecule has 1 saturated carbocycles. The normalized spacial score (nSPS) is 25.3. The van der Waals surface area contributed by atoms with Gasteiger partial charge in [-0.3, -0.25) is 0 Å². The molecule has 3 N–H and O–H groups in total. The molecule has 0 aliphatic heterocycles. The third kappa shape index (κ3) is 3.36. The molecule has 0 spiro atoms. The van der Waals surface area contributed by atoms with Gasteiger partial charge in [0.05, 0.1) is 16.8 Å². The second-order valence-electron chi connectivity index (χ2n) is 5.86. The quantitative estimate of drug-likeness (QED) is 0.807. The van der Waals surface area contributed by atoms with Crippen LogP contribution in [0.3, 0.4) is 0 Å². The molecule has 0 amide bonds. The fourth-order valence-electron chi connectivity index (χ4n) is 3.25. The standard InChI is InChI=1S/C17H25N3S/c1-3-21-16-9-6-8-15(14(16)11-18)20-17(12-19)10-5-4-7-13(17)2/h6,8-9,13,20H,3-5,7,10,12,19H2,1-2H3. The molecule has 1 aromatic carbocycles. The van der Waals surface area contributed by atoms with E-state index in [1.807, 2.05) is 18.2 Å². The van der Waals surface area contributed by atoms with Gasteiger partial charge in [0.1, 0.15) is 6.07 Å². The van der Waals surface area contributed by atoms with Crippen LogP contribution in [0.5, 0.6) is 0 Å². The van der Waals surface area contributed by atoms with E-state index in [1.54, 1.807) is 11.8 Å². The molecule has 0 saturated heterocycles. The number of nitriles is 1. The van der Waals surface area contributed by atoms with E-state index in [9.17, 15) is 5.26 Å². The smallest absolute Gasteiger partial charge is 0.102 e. The lowest BCUT2D eigenvalue weighted by molar-refractivity contribution is 0.235. The van der Waals surface area contributed by atoms with Gasteiger partial charge in [0.25, 0.3) is 0 Å². The molecule has 0 aromatic heterocycles. The second-order valence-corrected chi connectivity index (χ2v) is 7.16. The van der Waals surface area contributed by atoms with Crippen LogP contribution in [0.1, 0.15) is 45.1 Å². The number of hydrogen-bond acceptors (Lipinski definition) is 4. The third-order valence-electron chi connectivity index (χ3n) is 4.64. The second kappa shape index (κ2) is 7.20. The van der Waals surface area contributed by atoms with E-state index in [-0.39, 0.29) is 5.54 Å². The van der Waals surface area contributed by atoms with E-state index in [4.69, 9.17) is 5.73 Å². The van der Waals surface area contributed by atoms with Gasteiger partial charge >= 0.3 is 0 Å². The van der Waals surface area contributed by atoms with Crippen LogP contribution < -0.4 is 11.1 Å². The van der Waals surface area contributed by atoms with E-state index in [0.29, 0.717) is 12.5 Å². The number of hydrogen-bond donors (Lipinski definition) is 2. The van der Waals surface area contributed by atoms with Crippen molar-refractivity contribution in [3.63, 3.8) is 0 Å². The van der Waals surface area contributed by atoms with Crippen molar-refractivity contribution in [1.29, 1.82) is 5.26 Å². The lowest BCUT2D eigenvalue weighted by Crippen LogP contribution is -2.52. The molecule has 2 atom stereocenters. The van der Waals surface area contributed by atoms with Crippen LogP contribution in [-0.2, 0) is 0 Å². The maximum absolute atomic E-state index is 9.54. The van der Waals surface area contributed by atoms with Crippen LogP contribution in [0.2, 0.25) is 0 Å². The minimum Gasteiger partial charge on any atom is -0.377 e. The molecule has 21 heavy (non-hydrogen) atoms. The molecule has 1 aliphatic rings. The summed E-state index contributed by atoms with van der Waals surface area (Å²) in [5.74, 6) is 1.50. The summed E-state index contributed by atoms with van der Waals surface area (Å²) in [6.45, 7) is 5.00. The average Bonchev–Trinajstić information content (AvgIpc) is 2.50. The Balaban J connectivity index is 2.33. The van der Waals surface area contributed by atoms with Crippen molar-refractivity contribution in [2.75, 3.05) is 17.6 Å². The van der Waals surface area contributed by atoms with Crippen molar-refractivity contribution < 1.29 is 0 Å². The zero-order chi connectivity index (χ0) is 15.3. The molecule has 1 fully saturated rings. The first-order valence-corrected chi connectivity index (χ1v) is 8.79. The number of rotatable bonds is 5. The summed E-state index contributed by atoms with van der Waals surface area (Å²) in [6, 6.07) is 8.43. The predicted octanol–water partition coefficient (Wildman–Crippen LogP) is 3.99. The topological polar surface area (TPSA) is 61.8 Å². The van der Waals surface area contributed by atoms with Gasteiger partial charge in [0, 0.05) is 11.4 Å². The molecule has 2 unspecified atom stereocenters. The molecule has 0 bridgehead atoms. The van der Waals surface area contributed by atoms with E-state index >= 15 is 0 Å². The van der Waals surface area contributed by atoms with Gasteiger partial charge in [-0.25, -0.2) is 0 Å². The van der Waals surface area contributed by atoms with Gasteiger partial charge in [-0.1, -0.05) is 32.8 Å². The van der Waals surface area contributed by atoms with Gasteiger partial charge in [0.15, 0.2) is 0 Å². The van der Waals surface area contributed by atoms with Crippen molar-refractivity contribution in [2.24, 2.45) is 11.7 Å². The van der Waals surface area contributed by atoms with Gasteiger partial charge in [-0.2, -0.15) is 5.26 Å². The zero-order valence-electron chi connectivity index (χ0n) is 13.0. The summed E-state index contributed by atoms with van der Waals surface area (Å²) in [6.07, 6.45) is 4.78. The highest BCUT2D eigenvalue weighted by atomic mass is 32.2. The molecular formula is C17H25N3S. The van der Waals surface area contributed by atoms with Crippen LogP contribution in [0.25, 0.3) is 0 Å². The fourth-order valence-corrected chi connectivity index (χ4v) is 4.03. The number of nitrogens with zero attached hydrogens (tertiary/aromatic N) is 1. The van der Waals surface area contributed by atoms with E-state index in [2.05, 4.69) is 25.2 Å². The Morgan fingerprint density at radius 3 is 2.90 bits per heavy atom. The number of anilines is 1. The maximum Gasteiger partial charge on any atom is 0.102 e. The number of nitrogens with one attached hydrogen (secondary N) is 1. The molecule has 3 nitrogen and oxygen atoms in total. The third-order valence-corrected chi connectivity index (χ3v) is 5.58. The summed E-state index contributed by atoms with van der Waals surface area (Å²) in [4.78, 5) is 1.06. The minimum absolute atomic E-state index is 0.0701. The monoisotopic (exact) mass is 303 g/mol. The van der Waals surface area contributed by atoms with Crippen LogP contribution in [0.4, 0.5) is 5.69 Å². The molecule has 114 valence electrons. The lowest BCUT2D eigenvalue weighted by atomic mass is 9.73. The van der Waals surface area contributed by atoms with Crippen LogP contribution >= 0.6 is 11.8 Å². The fraction of sp³-hybridized carbons (Fsp3) is 0.588. The van der Waals surface area contributed by atoms with Crippen molar-refractivity contribution in [3.05, 3.63) is 23.8 Å². The first-order valence-electron chi connectivity index (χ1n) is 7.81. The molecular weight excluding hydrogens is 278 g/mol. The van der Waals surface area contributed by atoms with Crippen LogP contribution in [-0.4, -0.2) is 17.8 Å². The summed E-state index contributed by atoms with van der Waals surface area (Å²) in [7, 11) is 0. The average molecular weight is 303 g/mol. The zero-order valence-corrected chi connectivity index (χ0v) is 13.8. The number of thioether (sulfide) groups is 1. The molecule has 2 rings (SSSR count). The molecule has 1 aliphatic carbocycles. The van der Waals surface area contributed by atoms with Gasteiger partial charge in [0.2, 0.25) is 0 Å². The number of nitrogens with two attached hydrogens (primary N) is 1. The Morgan fingerprint density at radius 2 is 2.29 bits per heavy atom. The van der Waals surface area contributed by atoms with Crippen LogP contribution in [0.15, 0.2) is 23.1 Å². The number of benzene rings is 1. The van der Waals surface area contributed by atoms with Crippen molar-refractivity contribution >= 4 is 17.4 Å². The largest absolute Gasteiger partial charge is 0.377 e. The Kier molecular flexibility index (Phi) is 5.55. The Bertz CT molecular complexity index is 523. The molecule has 1 aromatic rings. The summed E-state index contributed by atoms with van der Waals surface area (Å²) < 4.78 is 0. The van der Waals surface area contributed by atoms with E-state index < -0.39 is 0 Å². The van der Waals surface area contributed by atoms with Gasteiger partial charge in [-0.05, 0) is 36.6 Å². The Hall–Kier alpha value is -1.18. The predicted molar refractivity (Wildman–Crippen MR) is 90.6 cm³/mol. The van der Waals surface area contributed by atoms with Crippen molar-refractivity contribution in [2.45, 2.75) is 50.0 Å². The highest BCUT2D eigenvalue weighted by molar-refractivity contribution is 7.99. The van der Waals surface area contributed by atoms with Gasteiger partial charge < -0.3 is 11.1 Å². The highest BCUT2D eigenvalue weighted by Crippen LogP contribution is 2.38. The summed E-state index contributed by atoms with van der Waals surface area (Å²) >= 11 is 1.72. The van der Waals surface area contributed by atoms with E-state index in [1.165, 1.54) is 19.3 Å². The van der Waals surface area contributed by atoms with Crippen molar-refractivity contribution in [3.8, 4) is 6.07 Å². The first kappa shape index (κ1) is 16.2. The Morgan fingerprint density at radius 1 is 1.48 bits per heavy atom. The molecule has 0 heterocycles. The molecule has 4 heteroatoms. The Labute approximate surface area is 132 Å². The van der Waals surface area contributed by atoms with Crippen LogP contribution in [0, 0.1) is 17.2 Å².